The van der Waals surface area contributed by atoms with E-state index in [0.29, 0.717) is 19.4 Å². The van der Waals surface area contributed by atoms with Gasteiger partial charge >= 0.3 is 0 Å². The van der Waals surface area contributed by atoms with Crippen LogP contribution >= 0.6 is 0 Å². The number of nitrogens with one attached hydrogen (secondary N) is 1. The van der Waals surface area contributed by atoms with Gasteiger partial charge < -0.3 is 20.5 Å². The van der Waals surface area contributed by atoms with Crippen LogP contribution < -0.4 is 15.8 Å². The molecule has 0 saturated carbocycles. The van der Waals surface area contributed by atoms with Gasteiger partial charge in [0, 0.05) is 24.4 Å². The Hall–Kier alpha value is -2.53. The summed E-state index contributed by atoms with van der Waals surface area (Å²) in [6, 6.07) is 15.0. The summed E-state index contributed by atoms with van der Waals surface area (Å²) in [4.78, 5) is 12.1. The van der Waals surface area contributed by atoms with Crippen LogP contribution in [0.3, 0.4) is 0 Å². The van der Waals surface area contributed by atoms with Crippen LogP contribution in [0.15, 0.2) is 48.5 Å². The zero-order chi connectivity index (χ0) is 17.5. The van der Waals surface area contributed by atoms with Gasteiger partial charge in [-0.15, -0.1) is 0 Å². The summed E-state index contributed by atoms with van der Waals surface area (Å²) in [6.45, 7) is 1.40. The van der Waals surface area contributed by atoms with E-state index >= 15 is 0 Å². The quantitative estimate of drug-likeness (QED) is 0.758. The Morgan fingerprint density at radius 2 is 2.00 bits per heavy atom. The number of hydrogen-bond donors (Lipinski definition) is 2. The minimum absolute atomic E-state index is 0.0312. The van der Waals surface area contributed by atoms with Crippen LogP contribution in [0.1, 0.15) is 24.8 Å². The first-order valence-corrected chi connectivity index (χ1v) is 8.68. The van der Waals surface area contributed by atoms with Gasteiger partial charge in [-0.1, -0.05) is 18.2 Å². The fourth-order valence-electron chi connectivity index (χ4n) is 2.83. The number of carbonyl (C=O) groups excluding carboxylic acids is 1. The monoisotopic (exact) mass is 340 g/mol. The molecule has 0 bridgehead atoms. The molecular weight excluding hydrogens is 316 g/mol. The minimum atomic E-state index is -0.0312. The van der Waals surface area contributed by atoms with Crippen LogP contribution in [0.5, 0.6) is 5.75 Å². The third-order valence-corrected chi connectivity index (χ3v) is 4.27. The molecule has 0 radical (unpaired) electrons. The molecule has 25 heavy (non-hydrogen) atoms. The number of ether oxygens (including phenoxy) is 2. The normalized spacial score (nSPS) is 16.6. The van der Waals surface area contributed by atoms with Crippen LogP contribution in [-0.4, -0.2) is 25.2 Å². The lowest BCUT2D eigenvalue weighted by atomic mass is 10.1. The third-order valence-electron chi connectivity index (χ3n) is 4.27. The standard InChI is InChI=1S/C20H24N2O3/c21-19-6-2-1-4-15(19)7-12-20(23)22-16-8-10-17(11-9-16)25-14-18-5-3-13-24-18/h1-2,4,6,8-11,18H,3,5,7,12-14,21H2,(H,22,23). The highest BCUT2D eigenvalue weighted by atomic mass is 16.5. The highest BCUT2D eigenvalue weighted by molar-refractivity contribution is 5.90. The second-order valence-corrected chi connectivity index (χ2v) is 6.22. The van der Waals surface area contributed by atoms with Gasteiger partial charge in [-0.2, -0.15) is 0 Å². The number of para-hydroxylation sites is 1. The summed E-state index contributed by atoms with van der Waals surface area (Å²) < 4.78 is 11.2. The predicted octanol–water partition coefficient (Wildman–Crippen LogP) is 3.40. The topological polar surface area (TPSA) is 73.6 Å². The summed E-state index contributed by atoms with van der Waals surface area (Å²) in [5.41, 5.74) is 8.38. The van der Waals surface area contributed by atoms with E-state index in [9.17, 15) is 4.79 Å². The lowest BCUT2D eigenvalue weighted by Gasteiger charge is -2.12. The number of amides is 1. The van der Waals surface area contributed by atoms with E-state index in [4.69, 9.17) is 15.2 Å². The van der Waals surface area contributed by atoms with Gasteiger partial charge in [-0.25, -0.2) is 0 Å². The molecule has 1 amide bonds. The Balaban J connectivity index is 1.44. The third kappa shape index (κ3) is 5.22. The number of benzene rings is 2. The van der Waals surface area contributed by atoms with Gasteiger partial charge in [0.25, 0.3) is 0 Å². The molecule has 0 spiro atoms. The molecule has 1 unspecified atom stereocenters. The fraction of sp³-hybridized carbons (Fsp3) is 0.350. The number of carbonyl (C=O) groups is 1. The van der Waals surface area contributed by atoms with E-state index in [2.05, 4.69) is 5.32 Å². The Kier molecular flexibility index (Phi) is 5.90. The average molecular weight is 340 g/mol. The number of aryl methyl sites for hydroxylation is 1. The van der Waals surface area contributed by atoms with E-state index in [1.54, 1.807) is 0 Å². The SMILES string of the molecule is Nc1ccccc1CCC(=O)Nc1ccc(OCC2CCCO2)cc1. The first kappa shape index (κ1) is 17.3. The maximum atomic E-state index is 12.1. The Labute approximate surface area is 148 Å². The van der Waals surface area contributed by atoms with Crippen molar-refractivity contribution in [2.75, 3.05) is 24.3 Å². The van der Waals surface area contributed by atoms with Crippen molar-refractivity contribution >= 4 is 17.3 Å². The molecule has 1 heterocycles. The molecule has 1 fully saturated rings. The summed E-state index contributed by atoms with van der Waals surface area (Å²) in [5.74, 6) is 0.752. The van der Waals surface area contributed by atoms with Crippen molar-refractivity contribution in [1.82, 2.24) is 0 Å². The summed E-state index contributed by atoms with van der Waals surface area (Å²) in [5, 5.41) is 2.90. The van der Waals surface area contributed by atoms with Crippen LogP contribution in [0.25, 0.3) is 0 Å². The predicted molar refractivity (Wildman–Crippen MR) is 98.7 cm³/mol. The van der Waals surface area contributed by atoms with Gasteiger partial charge in [0.05, 0.1) is 6.10 Å². The van der Waals surface area contributed by atoms with Crippen molar-refractivity contribution in [2.24, 2.45) is 0 Å². The number of anilines is 2. The first-order valence-electron chi connectivity index (χ1n) is 8.68. The highest BCUT2D eigenvalue weighted by Crippen LogP contribution is 2.19. The van der Waals surface area contributed by atoms with E-state index < -0.39 is 0 Å². The first-order chi connectivity index (χ1) is 12.2. The van der Waals surface area contributed by atoms with Gasteiger partial charge in [-0.05, 0) is 55.2 Å². The molecule has 5 nitrogen and oxygen atoms in total. The Morgan fingerprint density at radius 3 is 2.72 bits per heavy atom. The highest BCUT2D eigenvalue weighted by Gasteiger charge is 2.15. The molecule has 1 saturated heterocycles. The van der Waals surface area contributed by atoms with E-state index in [1.807, 2.05) is 48.5 Å². The molecule has 1 aliphatic rings. The molecule has 5 heteroatoms. The van der Waals surface area contributed by atoms with E-state index in [-0.39, 0.29) is 12.0 Å². The van der Waals surface area contributed by atoms with Crippen molar-refractivity contribution in [1.29, 1.82) is 0 Å². The number of nitrogens with two attached hydrogens (primary N) is 1. The van der Waals surface area contributed by atoms with Crippen LogP contribution in [0, 0.1) is 0 Å². The van der Waals surface area contributed by atoms with Gasteiger partial charge in [0.2, 0.25) is 5.91 Å². The zero-order valence-corrected chi connectivity index (χ0v) is 14.2. The lowest BCUT2D eigenvalue weighted by molar-refractivity contribution is -0.116. The molecule has 1 aliphatic heterocycles. The molecule has 132 valence electrons. The van der Waals surface area contributed by atoms with Gasteiger partial charge in [-0.3, -0.25) is 4.79 Å². The van der Waals surface area contributed by atoms with Crippen LogP contribution in [0.2, 0.25) is 0 Å². The second-order valence-electron chi connectivity index (χ2n) is 6.22. The van der Waals surface area contributed by atoms with Crippen LogP contribution in [-0.2, 0) is 16.0 Å². The fourth-order valence-corrected chi connectivity index (χ4v) is 2.83. The minimum Gasteiger partial charge on any atom is -0.491 e. The smallest absolute Gasteiger partial charge is 0.224 e. The van der Waals surface area contributed by atoms with Gasteiger partial charge in [0.15, 0.2) is 0 Å². The average Bonchev–Trinajstić information content (AvgIpc) is 3.14. The van der Waals surface area contributed by atoms with Crippen molar-refractivity contribution in [3.8, 4) is 5.75 Å². The maximum absolute atomic E-state index is 12.1. The van der Waals surface area contributed by atoms with Crippen molar-refractivity contribution in [3.63, 3.8) is 0 Å². The number of rotatable bonds is 7. The van der Waals surface area contributed by atoms with Crippen molar-refractivity contribution < 1.29 is 14.3 Å². The van der Waals surface area contributed by atoms with E-state index in [0.717, 1.165) is 42.1 Å². The summed E-state index contributed by atoms with van der Waals surface area (Å²) >= 11 is 0. The second kappa shape index (κ2) is 8.53. The molecular formula is C20H24N2O3. The molecule has 2 aromatic carbocycles. The summed E-state index contributed by atoms with van der Waals surface area (Å²) in [6.07, 6.45) is 3.38. The van der Waals surface area contributed by atoms with E-state index in [1.165, 1.54) is 0 Å². The zero-order valence-electron chi connectivity index (χ0n) is 14.2. The Morgan fingerprint density at radius 1 is 1.20 bits per heavy atom. The molecule has 0 aromatic heterocycles. The molecule has 0 aliphatic carbocycles. The molecule has 2 aromatic rings. The molecule has 1 atom stereocenters. The lowest BCUT2D eigenvalue weighted by Crippen LogP contribution is -2.16. The van der Waals surface area contributed by atoms with Gasteiger partial charge in [0.1, 0.15) is 12.4 Å². The number of nitrogen functional groups attached to an aromatic ring is 1. The van der Waals surface area contributed by atoms with Crippen molar-refractivity contribution in [2.45, 2.75) is 31.8 Å². The molecule has 3 N–H and O–H groups in total. The van der Waals surface area contributed by atoms with Crippen molar-refractivity contribution in [3.05, 3.63) is 54.1 Å². The number of hydrogen-bond acceptors (Lipinski definition) is 4. The molecule has 3 rings (SSSR count). The summed E-state index contributed by atoms with van der Waals surface area (Å²) in [7, 11) is 0. The maximum Gasteiger partial charge on any atom is 0.224 e. The Bertz CT molecular complexity index is 694. The van der Waals surface area contributed by atoms with Crippen LogP contribution in [0.4, 0.5) is 11.4 Å². The largest absolute Gasteiger partial charge is 0.491 e.